The zero-order chi connectivity index (χ0) is 23.1. The number of para-hydroxylation sites is 1. The quantitative estimate of drug-likeness (QED) is 0.259. The normalized spacial score (nSPS) is 11.1. The Morgan fingerprint density at radius 1 is 1.19 bits per heavy atom. The molecule has 170 valence electrons. The number of nitrogens with two attached hydrogens (primary N) is 1. The van der Waals surface area contributed by atoms with E-state index in [0.717, 1.165) is 18.5 Å². The molecule has 0 saturated carbocycles. The van der Waals surface area contributed by atoms with Crippen molar-refractivity contribution >= 4 is 50.9 Å². The number of anilines is 1. The average Bonchev–Trinajstić information content (AvgIpc) is 3.22. The van der Waals surface area contributed by atoms with E-state index in [1.807, 2.05) is 30.5 Å². The molecule has 2 aromatic heterocycles. The fraction of sp³-hybridized carbons (Fsp3) is 0.409. The molecule has 0 aliphatic heterocycles. The second kappa shape index (κ2) is 11.2. The highest BCUT2D eigenvalue weighted by atomic mass is 32.2. The van der Waals surface area contributed by atoms with E-state index < -0.39 is 0 Å². The van der Waals surface area contributed by atoms with Crippen LogP contribution in [0.1, 0.15) is 45.2 Å². The van der Waals surface area contributed by atoms with Gasteiger partial charge in [-0.05, 0) is 31.9 Å². The second-order valence-corrected chi connectivity index (χ2v) is 9.10. The molecule has 2 amide bonds. The summed E-state index contributed by atoms with van der Waals surface area (Å²) in [6.07, 6.45) is 2.62. The Hall–Kier alpha value is -2.72. The van der Waals surface area contributed by atoms with E-state index in [2.05, 4.69) is 4.98 Å². The summed E-state index contributed by atoms with van der Waals surface area (Å²) in [6.45, 7) is 4.53. The van der Waals surface area contributed by atoms with E-state index in [0.29, 0.717) is 52.9 Å². The maximum Gasteiger partial charge on any atom is 0.262 e. The van der Waals surface area contributed by atoms with Gasteiger partial charge in [0.15, 0.2) is 10.3 Å². The molecule has 0 radical (unpaired) electrons. The van der Waals surface area contributed by atoms with Crippen molar-refractivity contribution in [2.24, 2.45) is 5.73 Å². The number of carbonyl (C=O) groups excluding carboxylic acids is 2. The van der Waals surface area contributed by atoms with Gasteiger partial charge < -0.3 is 5.73 Å². The van der Waals surface area contributed by atoms with Gasteiger partial charge in [-0.1, -0.05) is 30.3 Å². The monoisotopic (exact) mass is 473 g/mol. The van der Waals surface area contributed by atoms with Crippen LogP contribution in [-0.4, -0.2) is 32.9 Å². The lowest BCUT2D eigenvalue weighted by Crippen LogP contribution is -2.27. The summed E-state index contributed by atoms with van der Waals surface area (Å²) in [5, 5.41) is 3.83. The number of thioether (sulfide) groups is 1. The van der Waals surface area contributed by atoms with Crippen molar-refractivity contribution in [1.82, 2.24) is 14.5 Å². The van der Waals surface area contributed by atoms with Gasteiger partial charge in [-0.25, -0.2) is 9.97 Å². The Balaban J connectivity index is 1.78. The highest BCUT2D eigenvalue weighted by molar-refractivity contribution is 7.98. The van der Waals surface area contributed by atoms with Gasteiger partial charge in [0.2, 0.25) is 11.8 Å². The van der Waals surface area contributed by atoms with Crippen molar-refractivity contribution in [2.45, 2.75) is 57.0 Å². The number of benzene rings is 1. The third-order valence-corrected chi connectivity index (χ3v) is 6.87. The van der Waals surface area contributed by atoms with Gasteiger partial charge >= 0.3 is 0 Å². The average molecular weight is 474 g/mol. The molecule has 1 aromatic carbocycles. The first kappa shape index (κ1) is 23.9. The zero-order valence-corrected chi connectivity index (χ0v) is 19.9. The molecule has 0 atom stereocenters. The molecule has 2 N–H and O–H groups in total. The Labute approximate surface area is 194 Å². The SMILES string of the molecule is CCN(C(C)=O)c1nc(CSc2nc3ccccc3c(=O)n2CCCCCC(N)=O)cs1. The van der Waals surface area contributed by atoms with Crippen LogP contribution in [-0.2, 0) is 21.9 Å². The van der Waals surface area contributed by atoms with Gasteiger partial charge in [0.1, 0.15) is 0 Å². The van der Waals surface area contributed by atoms with Gasteiger partial charge in [0, 0.05) is 37.6 Å². The number of hydrogen-bond donors (Lipinski definition) is 1. The fourth-order valence-electron chi connectivity index (χ4n) is 3.32. The number of fused-ring (bicyclic) bond motifs is 1. The van der Waals surface area contributed by atoms with Gasteiger partial charge in [-0.15, -0.1) is 11.3 Å². The van der Waals surface area contributed by atoms with Gasteiger partial charge in [-0.3, -0.25) is 23.9 Å². The predicted molar refractivity (Wildman–Crippen MR) is 129 cm³/mol. The number of thiazole rings is 1. The molecular formula is C22H27N5O3S2. The van der Waals surface area contributed by atoms with Crippen LogP contribution in [0.15, 0.2) is 39.6 Å². The molecule has 3 aromatic rings. The third kappa shape index (κ3) is 5.95. The van der Waals surface area contributed by atoms with Crippen LogP contribution in [0.4, 0.5) is 5.13 Å². The Kier molecular flexibility index (Phi) is 8.40. The molecule has 32 heavy (non-hydrogen) atoms. The molecular weight excluding hydrogens is 446 g/mol. The molecule has 0 aliphatic carbocycles. The highest BCUT2D eigenvalue weighted by Crippen LogP contribution is 2.27. The minimum absolute atomic E-state index is 0.0394. The largest absolute Gasteiger partial charge is 0.370 e. The van der Waals surface area contributed by atoms with Gasteiger partial charge in [-0.2, -0.15) is 0 Å². The molecule has 0 aliphatic rings. The summed E-state index contributed by atoms with van der Waals surface area (Å²) in [5.41, 5.74) is 6.64. The topological polar surface area (TPSA) is 111 Å². The van der Waals surface area contributed by atoms with Crippen LogP contribution in [0.2, 0.25) is 0 Å². The van der Waals surface area contributed by atoms with E-state index in [1.165, 1.54) is 30.0 Å². The Morgan fingerprint density at radius 2 is 1.97 bits per heavy atom. The van der Waals surface area contributed by atoms with Crippen molar-refractivity contribution in [3.63, 3.8) is 0 Å². The van der Waals surface area contributed by atoms with Crippen LogP contribution in [0.25, 0.3) is 10.9 Å². The predicted octanol–water partition coefficient (Wildman–Crippen LogP) is 3.56. The van der Waals surface area contributed by atoms with Crippen LogP contribution in [0.3, 0.4) is 0 Å². The molecule has 0 unspecified atom stereocenters. The third-order valence-electron chi connectivity index (χ3n) is 4.95. The molecule has 2 heterocycles. The Morgan fingerprint density at radius 3 is 2.69 bits per heavy atom. The first-order chi connectivity index (χ1) is 15.4. The van der Waals surface area contributed by atoms with Gasteiger partial charge in [0.25, 0.3) is 5.56 Å². The molecule has 0 saturated heterocycles. The fourth-order valence-corrected chi connectivity index (χ4v) is 5.27. The summed E-state index contributed by atoms with van der Waals surface area (Å²) in [4.78, 5) is 46.8. The molecule has 8 nitrogen and oxygen atoms in total. The molecule has 0 bridgehead atoms. The molecule has 3 rings (SSSR count). The number of primary amides is 1. The van der Waals surface area contributed by atoms with Crippen molar-refractivity contribution in [1.29, 1.82) is 0 Å². The van der Waals surface area contributed by atoms with Crippen molar-refractivity contribution in [2.75, 3.05) is 11.4 Å². The molecule has 10 heteroatoms. The van der Waals surface area contributed by atoms with Crippen LogP contribution in [0, 0.1) is 0 Å². The number of carbonyl (C=O) groups is 2. The first-order valence-electron chi connectivity index (χ1n) is 10.5. The number of aromatic nitrogens is 3. The van der Waals surface area contributed by atoms with Crippen molar-refractivity contribution < 1.29 is 9.59 Å². The summed E-state index contributed by atoms with van der Waals surface area (Å²) in [6, 6.07) is 7.33. The van der Waals surface area contributed by atoms with Crippen LogP contribution < -0.4 is 16.2 Å². The maximum absolute atomic E-state index is 13.1. The lowest BCUT2D eigenvalue weighted by atomic mass is 10.2. The first-order valence-corrected chi connectivity index (χ1v) is 12.4. The van der Waals surface area contributed by atoms with E-state index in [4.69, 9.17) is 10.7 Å². The summed E-state index contributed by atoms with van der Waals surface area (Å²) in [7, 11) is 0. The van der Waals surface area contributed by atoms with E-state index in [1.54, 1.807) is 15.5 Å². The smallest absolute Gasteiger partial charge is 0.262 e. The minimum atomic E-state index is -0.306. The van der Waals surface area contributed by atoms with Crippen LogP contribution >= 0.6 is 23.1 Å². The van der Waals surface area contributed by atoms with Gasteiger partial charge in [0.05, 0.1) is 16.6 Å². The summed E-state index contributed by atoms with van der Waals surface area (Å²) >= 11 is 2.89. The van der Waals surface area contributed by atoms with E-state index in [-0.39, 0.29) is 17.4 Å². The van der Waals surface area contributed by atoms with Crippen molar-refractivity contribution in [3.8, 4) is 0 Å². The lowest BCUT2D eigenvalue weighted by molar-refractivity contribution is -0.118. The van der Waals surface area contributed by atoms with E-state index in [9.17, 15) is 14.4 Å². The highest BCUT2D eigenvalue weighted by Gasteiger charge is 2.15. The number of hydrogen-bond acceptors (Lipinski definition) is 7. The summed E-state index contributed by atoms with van der Waals surface area (Å²) in [5.74, 6) is 0.195. The van der Waals surface area contributed by atoms with E-state index >= 15 is 0 Å². The maximum atomic E-state index is 13.1. The lowest BCUT2D eigenvalue weighted by Gasteiger charge is -2.14. The minimum Gasteiger partial charge on any atom is -0.370 e. The molecule has 0 spiro atoms. The second-order valence-electron chi connectivity index (χ2n) is 7.32. The number of nitrogens with zero attached hydrogens (tertiary/aromatic N) is 4. The van der Waals surface area contributed by atoms with Crippen LogP contribution in [0.5, 0.6) is 0 Å². The summed E-state index contributed by atoms with van der Waals surface area (Å²) < 4.78 is 1.71. The number of unbranched alkanes of at least 4 members (excludes halogenated alkanes) is 2. The van der Waals surface area contributed by atoms with Crippen molar-refractivity contribution in [3.05, 3.63) is 45.7 Å². The standard InChI is InChI=1S/C22H27N5O3S2/c1-3-26(15(2)28)21-24-16(13-31-21)14-32-22-25-18-10-7-6-9-17(18)20(30)27(22)12-8-4-5-11-19(23)29/h6-7,9-10,13H,3-5,8,11-12,14H2,1-2H3,(H2,23,29). The molecule has 0 fully saturated rings. The Bertz CT molecular complexity index is 1160. The number of rotatable bonds is 11. The zero-order valence-electron chi connectivity index (χ0n) is 18.2. The number of amides is 2.